The maximum absolute atomic E-state index is 13.6. The first-order valence-electron chi connectivity index (χ1n) is 5.87. The molecule has 0 fully saturated rings. The van der Waals surface area contributed by atoms with Crippen molar-refractivity contribution in [3.05, 3.63) is 68.1 Å². The molecule has 1 atom stereocenters. The van der Waals surface area contributed by atoms with E-state index in [1.165, 1.54) is 6.07 Å². The van der Waals surface area contributed by atoms with Crippen LogP contribution in [0.5, 0.6) is 0 Å². The summed E-state index contributed by atoms with van der Waals surface area (Å²) in [6, 6.07) is 10.0. The Morgan fingerprint density at radius 3 is 2.30 bits per heavy atom. The van der Waals surface area contributed by atoms with Gasteiger partial charge in [0.2, 0.25) is 0 Å². The first-order valence-corrected chi connectivity index (χ1v) is 7.45. The summed E-state index contributed by atoms with van der Waals surface area (Å²) in [6.45, 7) is 0. The number of hydrazine groups is 1. The Morgan fingerprint density at radius 2 is 1.70 bits per heavy atom. The normalized spacial score (nSPS) is 12.4. The first-order chi connectivity index (χ1) is 9.52. The summed E-state index contributed by atoms with van der Waals surface area (Å²) >= 11 is 6.44. The van der Waals surface area contributed by atoms with Crippen molar-refractivity contribution in [3.63, 3.8) is 0 Å². The van der Waals surface area contributed by atoms with Crippen molar-refractivity contribution in [1.82, 2.24) is 5.43 Å². The molecule has 0 radical (unpaired) electrons. The average Bonchev–Trinajstić information content (AvgIpc) is 2.45. The second-order valence-corrected chi connectivity index (χ2v) is 6.02. The summed E-state index contributed by atoms with van der Waals surface area (Å²) in [5.41, 5.74) is 4.25. The highest BCUT2D eigenvalue weighted by Gasteiger charge is 2.18. The summed E-state index contributed by atoms with van der Waals surface area (Å²) in [7, 11) is 0. The first kappa shape index (κ1) is 15.6. The molecule has 0 spiro atoms. The minimum absolute atomic E-state index is 0.0950. The lowest BCUT2D eigenvalue weighted by molar-refractivity contribution is 0.491. The SMILES string of the molecule is NNC(Cc1ccc(Br)cc1)c1ccc(F)c(F)c1Br. The molecule has 0 aliphatic rings. The summed E-state index contributed by atoms with van der Waals surface area (Å²) in [4.78, 5) is 0. The molecule has 2 rings (SSSR count). The molecule has 0 saturated heterocycles. The Hall–Kier alpha value is -0.820. The van der Waals surface area contributed by atoms with Crippen molar-refractivity contribution in [1.29, 1.82) is 0 Å². The van der Waals surface area contributed by atoms with Crippen LogP contribution in [0.4, 0.5) is 8.78 Å². The highest BCUT2D eigenvalue weighted by molar-refractivity contribution is 9.10. The van der Waals surface area contributed by atoms with Gasteiger partial charge in [-0.15, -0.1) is 0 Å². The molecule has 0 saturated carbocycles. The average molecular weight is 406 g/mol. The second kappa shape index (κ2) is 6.76. The van der Waals surface area contributed by atoms with Crippen LogP contribution in [0.3, 0.4) is 0 Å². The number of nitrogens with two attached hydrogens (primary N) is 1. The molecule has 2 aromatic rings. The predicted molar refractivity (Wildman–Crippen MR) is 82.0 cm³/mol. The fourth-order valence-corrected chi connectivity index (χ4v) is 2.79. The summed E-state index contributed by atoms with van der Waals surface area (Å²) < 4.78 is 27.8. The largest absolute Gasteiger partial charge is 0.271 e. The van der Waals surface area contributed by atoms with Gasteiger partial charge in [0.15, 0.2) is 11.6 Å². The minimum Gasteiger partial charge on any atom is -0.271 e. The lowest BCUT2D eigenvalue weighted by Gasteiger charge is -2.18. The van der Waals surface area contributed by atoms with E-state index in [9.17, 15) is 8.78 Å². The Bertz CT molecular complexity index is 603. The number of benzene rings is 2. The molecule has 6 heteroatoms. The Labute approximate surface area is 132 Å². The number of hydrogen-bond acceptors (Lipinski definition) is 2. The fraction of sp³-hybridized carbons (Fsp3) is 0.143. The van der Waals surface area contributed by atoms with E-state index in [0.717, 1.165) is 16.1 Å². The molecule has 0 aliphatic heterocycles. The zero-order chi connectivity index (χ0) is 14.7. The van der Waals surface area contributed by atoms with E-state index in [2.05, 4.69) is 37.3 Å². The van der Waals surface area contributed by atoms with Crippen LogP contribution in [0.2, 0.25) is 0 Å². The van der Waals surface area contributed by atoms with Crippen LogP contribution in [0, 0.1) is 11.6 Å². The van der Waals surface area contributed by atoms with Crippen molar-refractivity contribution in [3.8, 4) is 0 Å². The molecule has 106 valence electrons. The van der Waals surface area contributed by atoms with E-state index in [1.807, 2.05) is 24.3 Å². The van der Waals surface area contributed by atoms with Crippen LogP contribution in [0.1, 0.15) is 17.2 Å². The molecule has 0 amide bonds. The summed E-state index contributed by atoms with van der Waals surface area (Å²) in [5.74, 6) is 3.75. The fourth-order valence-electron chi connectivity index (χ4n) is 1.92. The van der Waals surface area contributed by atoms with Crippen LogP contribution in [0.15, 0.2) is 45.3 Å². The molecule has 1 unspecified atom stereocenters. The van der Waals surface area contributed by atoms with Gasteiger partial charge in [-0.05, 0) is 51.7 Å². The smallest absolute Gasteiger partial charge is 0.173 e. The molecule has 2 nitrogen and oxygen atoms in total. The molecule has 0 aliphatic carbocycles. The van der Waals surface area contributed by atoms with Crippen LogP contribution in [0.25, 0.3) is 0 Å². The highest BCUT2D eigenvalue weighted by Crippen LogP contribution is 2.29. The second-order valence-electron chi connectivity index (χ2n) is 4.31. The highest BCUT2D eigenvalue weighted by atomic mass is 79.9. The Kier molecular flexibility index (Phi) is 5.26. The quantitative estimate of drug-likeness (QED) is 0.453. The minimum atomic E-state index is -0.904. The molecule has 0 aromatic heterocycles. The van der Waals surface area contributed by atoms with Gasteiger partial charge in [-0.2, -0.15) is 0 Å². The molecule has 0 bridgehead atoms. The van der Waals surface area contributed by atoms with E-state index in [0.29, 0.717) is 12.0 Å². The van der Waals surface area contributed by atoms with Gasteiger partial charge in [-0.3, -0.25) is 11.3 Å². The summed E-state index contributed by atoms with van der Waals surface area (Å²) in [6.07, 6.45) is 0.563. The summed E-state index contributed by atoms with van der Waals surface area (Å²) in [5, 5.41) is 0. The number of rotatable bonds is 4. The van der Waals surface area contributed by atoms with Crippen molar-refractivity contribution < 1.29 is 8.78 Å². The van der Waals surface area contributed by atoms with Crippen molar-refractivity contribution in [2.75, 3.05) is 0 Å². The zero-order valence-corrected chi connectivity index (χ0v) is 13.5. The van der Waals surface area contributed by atoms with Gasteiger partial charge in [-0.25, -0.2) is 8.78 Å². The topological polar surface area (TPSA) is 38.0 Å². The van der Waals surface area contributed by atoms with Crippen LogP contribution >= 0.6 is 31.9 Å². The standard InChI is InChI=1S/C14H12Br2F2N2/c15-9-3-1-8(2-4-9)7-12(20-19)10-5-6-11(17)14(18)13(10)16/h1-6,12,20H,7,19H2. The van der Waals surface area contributed by atoms with Gasteiger partial charge in [0.1, 0.15) is 0 Å². The molecule has 2 aromatic carbocycles. The van der Waals surface area contributed by atoms with Crippen molar-refractivity contribution >= 4 is 31.9 Å². The molecular formula is C14H12Br2F2N2. The lowest BCUT2D eigenvalue weighted by Crippen LogP contribution is -2.30. The molecule has 20 heavy (non-hydrogen) atoms. The van der Waals surface area contributed by atoms with E-state index in [1.54, 1.807) is 0 Å². The van der Waals surface area contributed by atoms with E-state index in [-0.39, 0.29) is 10.5 Å². The number of nitrogens with one attached hydrogen (secondary N) is 1. The van der Waals surface area contributed by atoms with Crippen molar-refractivity contribution in [2.45, 2.75) is 12.5 Å². The van der Waals surface area contributed by atoms with Gasteiger partial charge >= 0.3 is 0 Å². The maximum atomic E-state index is 13.6. The van der Waals surface area contributed by atoms with Gasteiger partial charge in [-0.1, -0.05) is 34.1 Å². The number of halogens is 4. The zero-order valence-electron chi connectivity index (χ0n) is 10.3. The number of hydrogen-bond donors (Lipinski definition) is 2. The monoisotopic (exact) mass is 404 g/mol. The van der Waals surface area contributed by atoms with Gasteiger partial charge in [0, 0.05) is 4.47 Å². The lowest BCUT2D eigenvalue weighted by atomic mass is 9.99. The van der Waals surface area contributed by atoms with E-state index in [4.69, 9.17) is 5.84 Å². The third-order valence-electron chi connectivity index (χ3n) is 2.99. The molecule has 3 N–H and O–H groups in total. The Morgan fingerprint density at radius 1 is 1.05 bits per heavy atom. The van der Waals surface area contributed by atoms with Crippen molar-refractivity contribution in [2.24, 2.45) is 5.84 Å². The molecule has 0 heterocycles. The van der Waals surface area contributed by atoms with Gasteiger partial charge in [0.25, 0.3) is 0 Å². The third kappa shape index (κ3) is 3.44. The predicted octanol–water partition coefficient (Wildman–Crippen LogP) is 4.24. The molecular weight excluding hydrogens is 394 g/mol. The Balaban J connectivity index is 2.29. The van der Waals surface area contributed by atoms with Gasteiger partial charge in [0.05, 0.1) is 10.5 Å². The maximum Gasteiger partial charge on any atom is 0.173 e. The van der Waals surface area contributed by atoms with Crippen LogP contribution in [-0.2, 0) is 6.42 Å². The van der Waals surface area contributed by atoms with Crippen LogP contribution < -0.4 is 11.3 Å². The van der Waals surface area contributed by atoms with E-state index < -0.39 is 11.6 Å². The van der Waals surface area contributed by atoms with Gasteiger partial charge < -0.3 is 0 Å². The van der Waals surface area contributed by atoms with E-state index >= 15 is 0 Å². The third-order valence-corrected chi connectivity index (χ3v) is 4.33. The van der Waals surface area contributed by atoms with Crippen LogP contribution in [-0.4, -0.2) is 0 Å².